The van der Waals surface area contributed by atoms with Gasteiger partial charge in [0.15, 0.2) is 0 Å². The number of hydrogen-bond donors (Lipinski definition) is 1. The highest BCUT2D eigenvalue weighted by atomic mass is 35.5. The minimum absolute atomic E-state index is 0.0862. The molecule has 0 radical (unpaired) electrons. The molecule has 1 aliphatic heterocycles. The van der Waals surface area contributed by atoms with E-state index in [2.05, 4.69) is 4.90 Å². The Kier molecular flexibility index (Phi) is 4.79. The van der Waals surface area contributed by atoms with Gasteiger partial charge in [0, 0.05) is 25.3 Å². The van der Waals surface area contributed by atoms with Crippen LogP contribution in [0.1, 0.15) is 18.4 Å². The number of nitrogens with zero attached hydrogens (tertiary/aromatic N) is 1. The van der Waals surface area contributed by atoms with Crippen molar-refractivity contribution in [3.05, 3.63) is 34.6 Å². The smallest absolute Gasteiger partial charge is 0.142 e. The molecule has 1 N–H and O–H groups in total. The number of aliphatic hydroxyl groups excluding tert-OH is 1. The van der Waals surface area contributed by atoms with E-state index < -0.39 is 5.82 Å². The van der Waals surface area contributed by atoms with Crippen molar-refractivity contribution in [2.45, 2.75) is 24.9 Å². The van der Waals surface area contributed by atoms with Gasteiger partial charge in [-0.3, -0.25) is 4.90 Å². The minimum atomic E-state index is -0.405. The predicted molar refractivity (Wildman–Crippen MR) is 72.7 cm³/mol. The number of likely N-dealkylation sites (N-methyl/N-ethyl adjacent to an activating group) is 1. The van der Waals surface area contributed by atoms with Crippen LogP contribution in [0.25, 0.3) is 0 Å². The van der Waals surface area contributed by atoms with Gasteiger partial charge in [0.1, 0.15) is 5.82 Å². The van der Waals surface area contributed by atoms with Crippen molar-refractivity contribution < 1.29 is 14.2 Å². The number of ether oxygens (including phenoxy) is 1. The van der Waals surface area contributed by atoms with Crippen LogP contribution in [0, 0.1) is 5.82 Å². The van der Waals surface area contributed by atoms with Crippen LogP contribution in [0.3, 0.4) is 0 Å². The van der Waals surface area contributed by atoms with E-state index in [1.807, 2.05) is 13.1 Å². The number of halogens is 2. The second-order valence-corrected chi connectivity index (χ2v) is 5.51. The molecule has 0 bridgehead atoms. The maximum atomic E-state index is 13.4. The van der Waals surface area contributed by atoms with Crippen molar-refractivity contribution in [1.82, 2.24) is 4.90 Å². The second-order valence-electron chi connectivity index (χ2n) is 5.10. The van der Waals surface area contributed by atoms with Crippen molar-refractivity contribution >= 4 is 11.6 Å². The maximum Gasteiger partial charge on any atom is 0.142 e. The van der Waals surface area contributed by atoms with Gasteiger partial charge in [-0.2, -0.15) is 0 Å². The molecule has 1 aromatic rings. The highest BCUT2D eigenvalue weighted by Crippen LogP contribution is 2.28. The number of benzene rings is 1. The van der Waals surface area contributed by atoms with E-state index in [9.17, 15) is 9.50 Å². The molecule has 0 unspecified atom stereocenters. The van der Waals surface area contributed by atoms with E-state index in [1.54, 1.807) is 6.07 Å². The molecule has 2 rings (SSSR count). The molecule has 0 amide bonds. The Morgan fingerprint density at radius 3 is 2.68 bits per heavy atom. The predicted octanol–water partition coefficient (Wildman–Crippen LogP) is 2.45. The van der Waals surface area contributed by atoms with Gasteiger partial charge in [-0.25, -0.2) is 4.39 Å². The first kappa shape index (κ1) is 14.7. The van der Waals surface area contributed by atoms with Crippen molar-refractivity contribution in [2.75, 3.05) is 26.9 Å². The monoisotopic (exact) mass is 287 g/mol. The maximum absolute atomic E-state index is 13.4. The summed E-state index contributed by atoms with van der Waals surface area (Å²) in [4.78, 5) is 2.08. The standard InChI is InChI=1S/C14H19ClFNO2/c1-17(14(10-18)4-6-19-7-5-14)9-11-2-3-12(15)13(16)8-11/h2-3,8,18H,4-7,9-10H2,1H3. The molecule has 0 aliphatic carbocycles. The molecule has 0 aromatic heterocycles. The van der Waals surface area contributed by atoms with Crippen LogP contribution >= 0.6 is 11.6 Å². The Morgan fingerprint density at radius 1 is 1.42 bits per heavy atom. The van der Waals surface area contributed by atoms with Crippen LogP contribution in [0.5, 0.6) is 0 Å². The third-order valence-corrected chi connectivity index (χ3v) is 4.24. The first-order valence-corrected chi connectivity index (χ1v) is 6.79. The average Bonchev–Trinajstić information content (AvgIpc) is 2.43. The summed E-state index contributed by atoms with van der Waals surface area (Å²) in [6.07, 6.45) is 1.58. The van der Waals surface area contributed by atoms with Gasteiger partial charge in [-0.1, -0.05) is 17.7 Å². The summed E-state index contributed by atoms with van der Waals surface area (Å²) in [5.74, 6) is -0.405. The van der Waals surface area contributed by atoms with Crippen molar-refractivity contribution in [1.29, 1.82) is 0 Å². The summed E-state index contributed by atoms with van der Waals surface area (Å²) in [5.41, 5.74) is 0.581. The first-order valence-electron chi connectivity index (χ1n) is 6.41. The van der Waals surface area contributed by atoms with Crippen LogP contribution in [0.15, 0.2) is 18.2 Å². The molecule has 5 heteroatoms. The Hall–Kier alpha value is -0.680. The third-order valence-electron chi connectivity index (χ3n) is 3.93. The average molecular weight is 288 g/mol. The van der Waals surface area contributed by atoms with Crippen molar-refractivity contribution in [3.8, 4) is 0 Å². The van der Waals surface area contributed by atoms with Gasteiger partial charge < -0.3 is 9.84 Å². The summed E-state index contributed by atoms with van der Waals surface area (Å²) in [7, 11) is 1.95. The molecule has 106 valence electrons. The highest BCUT2D eigenvalue weighted by molar-refractivity contribution is 6.30. The molecular formula is C14H19ClFNO2. The molecule has 0 atom stereocenters. The molecule has 3 nitrogen and oxygen atoms in total. The van der Waals surface area contributed by atoms with E-state index in [0.717, 1.165) is 18.4 Å². The quantitative estimate of drug-likeness (QED) is 0.923. The molecule has 1 aliphatic rings. The molecule has 1 saturated heterocycles. The largest absolute Gasteiger partial charge is 0.394 e. The van der Waals surface area contributed by atoms with Crippen LogP contribution in [-0.2, 0) is 11.3 Å². The molecule has 1 heterocycles. The fraction of sp³-hybridized carbons (Fsp3) is 0.571. The number of rotatable bonds is 4. The van der Waals surface area contributed by atoms with E-state index >= 15 is 0 Å². The molecule has 19 heavy (non-hydrogen) atoms. The summed E-state index contributed by atoms with van der Waals surface area (Å²) < 4.78 is 18.8. The Balaban J connectivity index is 2.10. The van der Waals surface area contributed by atoms with Gasteiger partial charge in [-0.15, -0.1) is 0 Å². The summed E-state index contributed by atoms with van der Waals surface area (Å²) in [6, 6.07) is 4.82. The fourth-order valence-electron chi connectivity index (χ4n) is 2.49. The van der Waals surface area contributed by atoms with Gasteiger partial charge in [0.2, 0.25) is 0 Å². The zero-order valence-electron chi connectivity index (χ0n) is 11.0. The van der Waals surface area contributed by atoms with E-state index in [-0.39, 0.29) is 17.2 Å². The van der Waals surface area contributed by atoms with Gasteiger partial charge in [-0.05, 0) is 37.6 Å². The molecule has 0 saturated carbocycles. The fourth-order valence-corrected chi connectivity index (χ4v) is 2.61. The van der Waals surface area contributed by atoms with E-state index in [1.165, 1.54) is 6.07 Å². The third kappa shape index (κ3) is 3.26. The van der Waals surface area contributed by atoms with Crippen LogP contribution in [0.4, 0.5) is 4.39 Å². The summed E-state index contributed by atoms with van der Waals surface area (Å²) >= 11 is 5.68. The Bertz CT molecular complexity index is 435. The van der Waals surface area contributed by atoms with E-state index in [0.29, 0.717) is 19.8 Å². The van der Waals surface area contributed by atoms with E-state index in [4.69, 9.17) is 16.3 Å². The highest BCUT2D eigenvalue weighted by Gasteiger charge is 2.35. The lowest BCUT2D eigenvalue weighted by atomic mass is 9.89. The molecule has 0 spiro atoms. The van der Waals surface area contributed by atoms with Crippen LogP contribution in [-0.4, -0.2) is 42.4 Å². The normalized spacial score (nSPS) is 18.8. The summed E-state index contributed by atoms with van der Waals surface area (Å²) in [5, 5.41) is 9.83. The zero-order valence-corrected chi connectivity index (χ0v) is 11.8. The van der Waals surface area contributed by atoms with Crippen LogP contribution in [0.2, 0.25) is 5.02 Å². The van der Waals surface area contributed by atoms with Crippen molar-refractivity contribution in [2.24, 2.45) is 0 Å². The Morgan fingerprint density at radius 2 is 2.11 bits per heavy atom. The van der Waals surface area contributed by atoms with Crippen LogP contribution < -0.4 is 0 Å². The topological polar surface area (TPSA) is 32.7 Å². The lowest BCUT2D eigenvalue weighted by Crippen LogP contribution is -2.52. The lowest BCUT2D eigenvalue weighted by Gasteiger charge is -2.43. The lowest BCUT2D eigenvalue weighted by molar-refractivity contribution is -0.0493. The number of aliphatic hydroxyl groups is 1. The van der Waals surface area contributed by atoms with Gasteiger partial charge >= 0.3 is 0 Å². The molecule has 1 aromatic carbocycles. The number of hydrogen-bond acceptors (Lipinski definition) is 3. The second kappa shape index (κ2) is 6.18. The van der Waals surface area contributed by atoms with Gasteiger partial charge in [0.25, 0.3) is 0 Å². The zero-order chi connectivity index (χ0) is 13.9. The molecule has 1 fully saturated rings. The Labute approximate surface area is 117 Å². The summed E-state index contributed by atoms with van der Waals surface area (Å²) in [6.45, 7) is 1.97. The first-order chi connectivity index (χ1) is 9.07. The molecular weight excluding hydrogens is 269 g/mol. The minimum Gasteiger partial charge on any atom is -0.394 e. The van der Waals surface area contributed by atoms with Gasteiger partial charge in [0.05, 0.1) is 11.6 Å². The SMILES string of the molecule is CN(Cc1ccc(Cl)c(F)c1)C1(CO)CCOCC1. The van der Waals surface area contributed by atoms with Crippen molar-refractivity contribution in [3.63, 3.8) is 0 Å².